The number of carbonyl (C=O) groups excluding carboxylic acids is 1. The van der Waals surface area contributed by atoms with Gasteiger partial charge in [-0.3, -0.25) is 4.79 Å². The van der Waals surface area contributed by atoms with E-state index >= 15 is 0 Å². The summed E-state index contributed by atoms with van der Waals surface area (Å²) in [5, 5.41) is 20.8. The number of unbranched alkanes of at least 4 members (excludes halogenated alkanes) is 2. The van der Waals surface area contributed by atoms with Crippen LogP contribution in [0.15, 0.2) is 18.2 Å². The third-order valence-corrected chi connectivity index (χ3v) is 2.49. The number of hydrogen-bond acceptors (Lipinski definition) is 3. The second-order valence-electron chi connectivity index (χ2n) is 4.00. The molecule has 5 nitrogen and oxygen atoms in total. The van der Waals surface area contributed by atoms with Gasteiger partial charge in [0.2, 0.25) is 5.91 Å². The monoisotopic (exact) mass is 261 g/mol. The molecule has 0 saturated carbocycles. The van der Waals surface area contributed by atoms with Crippen molar-refractivity contribution in [1.29, 1.82) is 0 Å². The Morgan fingerprint density at radius 2 is 2.05 bits per heavy atom. The van der Waals surface area contributed by atoms with Gasteiger partial charge >= 0.3 is 5.97 Å². The first-order valence-corrected chi connectivity index (χ1v) is 5.84. The zero-order valence-corrected chi connectivity index (χ0v) is 10.3. The Kier molecular flexibility index (Phi) is 5.42. The SMILES string of the molecule is C#CCCCCC(=O)Nc1cc(C(=O)O)ccc1O. The van der Waals surface area contributed by atoms with Crippen LogP contribution in [0.2, 0.25) is 0 Å². The van der Waals surface area contributed by atoms with Crippen LogP contribution in [0.5, 0.6) is 5.75 Å². The summed E-state index contributed by atoms with van der Waals surface area (Å²) in [4.78, 5) is 22.4. The first-order valence-electron chi connectivity index (χ1n) is 5.84. The van der Waals surface area contributed by atoms with Gasteiger partial charge in [0.15, 0.2) is 0 Å². The molecule has 0 aliphatic carbocycles. The van der Waals surface area contributed by atoms with Crippen molar-refractivity contribution in [3.63, 3.8) is 0 Å². The van der Waals surface area contributed by atoms with E-state index in [1.165, 1.54) is 18.2 Å². The number of carboxylic acids is 1. The van der Waals surface area contributed by atoms with E-state index in [4.69, 9.17) is 11.5 Å². The lowest BCUT2D eigenvalue weighted by atomic mass is 10.1. The number of phenolic OH excluding ortho intramolecular Hbond substituents is 1. The van der Waals surface area contributed by atoms with Crippen LogP contribution in [0.3, 0.4) is 0 Å². The minimum absolute atomic E-state index is 0.000400. The lowest BCUT2D eigenvalue weighted by Gasteiger charge is -2.08. The Morgan fingerprint density at radius 1 is 1.32 bits per heavy atom. The van der Waals surface area contributed by atoms with Crippen molar-refractivity contribution < 1.29 is 19.8 Å². The molecule has 3 N–H and O–H groups in total. The molecule has 1 rings (SSSR count). The highest BCUT2D eigenvalue weighted by molar-refractivity contribution is 5.95. The Morgan fingerprint density at radius 3 is 2.68 bits per heavy atom. The Bertz CT molecular complexity index is 517. The molecule has 1 aromatic carbocycles. The van der Waals surface area contributed by atoms with Gasteiger partial charge in [0, 0.05) is 12.8 Å². The van der Waals surface area contributed by atoms with E-state index < -0.39 is 5.97 Å². The summed E-state index contributed by atoms with van der Waals surface area (Å²) in [6.07, 6.45) is 7.39. The number of nitrogens with one attached hydrogen (secondary N) is 1. The summed E-state index contributed by atoms with van der Waals surface area (Å²) >= 11 is 0. The van der Waals surface area contributed by atoms with Gasteiger partial charge in [0.1, 0.15) is 5.75 Å². The second kappa shape index (κ2) is 7.07. The van der Waals surface area contributed by atoms with Crippen molar-refractivity contribution in [1.82, 2.24) is 0 Å². The summed E-state index contributed by atoms with van der Waals surface area (Å²) in [6, 6.07) is 3.72. The van der Waals surface area contributed by atoms with Crippen LogP contribution in [0.4, 0.5) is 5.69 Å². The number of amides is 1. The van der Waals surface area contributed by atoms with E-state index in [-0.39, 0.29) is 29.3 Å². The molecular weight excluding hydrogens is 246 g/mol. The molecule has 0 bridgehead atoms. The van der Waals surface area contributed by atoms with E-state index in [9.17, 15) is 14.7 Å². The van der Waals surface area contributed by atoms with Gasteiger partial charge in [-0.1, -0.05) is 0 Å². The molecule has 0 aliphatic rings. The Labute approximate surface area is 111 Å². The number of carbonyl (C=O) groups is 2. The molecule has 1 aromatic rings. The summed E-state index contributed by atoms with van der Waals surface area (Å²) in [7, 11) is 0. The van der Waals surface area contributed by atoms with Gasteiger partial charge in [-0.15, -0.1) is 12.3 Å². The minimum atomic E-state index is -1.12. The summed E-state index contributed by atoms with van der Waals surface area (Å²) in [6.45, 7) is 0. The smallest absolute Gasteiger partial charge is 0.335 e. The van der Waals surface area contributed by atoms with Crippen LogP contribution in [0.1, 0.15) is 36.0 Å². The minimum Gasteiger partial charge on any atom is -0.506 e. The first-order chi connectivity index (χ1) is 9.04. The zero-order valence-electron chi connectivity index (χ0n) is 10.3. The van der Waals surface area contributed by atoms with Crippen LogP contribution in [0, 0.1) is 12.3 Å². The predicted molar refractivity (Wildman–Crippen MR) is 71.0 cm³/mol. The molecule has 0 saturated heterocycles. The fourth-order valence-electron chi connectivity index (χ4n) is 1.49. The van der Waals surface area contributed by atoms with Gasteiger partial charge in [0.05, 0.1) is 11.3 Å². The molecule has 0 atom stereocenters. The topological polar surface area (TPSA) is 86.6 Å². The molecule has 0 unspecified atom stereocenters. The van der Waals surface area contributed by atoms with Crippen molar-refractivity contribution in [3.05, 3.63) is 23.8 Å². The third-order valence-electron chi connectivity index (χ3n) is 2.49. The average molecular weight is 261 g/mol. The van der Waals surface area contributed by atoms with Crippen molar-refractivity contribution in [3.8, 4) is 18.1 Å². The van der Waals surface area contributed by atoms with E-state index in [2.05, 4.69) is 11.2 Å². The zero-order chi connectivity index (χ0) is 14.3. The van der Waals surface area contributed by atoms with Crippen molar-refractivity contribution in [2.45, 2.75) is 25.7 Å². The quantitative estimate of drug-likeness (QED) is 0.416. The molecule has 1 amide bonds. The number of rotatable bonds is 6. The number of benzene rings is 1. The Hall–Kier alpha value is -2.48. The number of aromatic hydroxyl groups is 1. The molecule has 19 heavy (non-hydrogen) atoms. The molecule has 5 heteroatoms. The summed E-state index contributed by atoms with van der Waals surface area (Å²) in [5.74, 6) is 0.915. The van der Waals surface area contributed by atoms with Crippen LogP contribution in [0.25, 0.3) is 0 Å². The molecule has 0 spiro atoms. The summed E-state index contributed by atoms with van der Waals surface area (Å²) < 4.78 is 0. The molecule has 0 aliphatic heterocycles. The van der Waals surface area contributed by atoms with Crippen molar-refractivity contribution in [2.75, 3.05) is 5.32 Å². The van der Waals surface area contributed by atoms with Crippen LogP contribution < -0.4 is 5.32 Å². The fraction of sp³-hybridized carbons (Fsp3) is 0.286. The highest BCUT2D eigenvalue weighted by Gasteiger charge is 2.10. The normalized spacial score (nSPS) is 9.63. The van der Waals surface area contributed by atoms with Gasteiger partial charge < -0.3 is 15.5 Å². The van der Waals surface area contributed by atoms with Crippen LogP contribution >= 0.6 is 0 Å². The van der Waals surface area contributed by atoms with Crippen LogP contribution in [-0.2, 0) is 4.79 Å². The molecule has 0 aromatic heterocycles. The van der Waals surface area contributed by atoms with E-state index in [0.29, 0.717) is 12.8 Å². The predicted octanol–water partition coefficient (Wildman–Crippen LogP) is 2.22. The number of phenols is 1. The highest BCUT2D eigenvalue weighted by atomic mass is 16.4. The lowest BCUT2D eigenvalue weighted by molar-refractivity contribution is -0.116. The van der Waals surface area contributed by atoms with Crippen molar-refractivity contribution >= 4 is 17.6 Å². The number of hydrogen-bond donors (Lipinski definition) is 3. The maximum atomic E-state index is 11.6. The number of anilines is 1. The van der Waals surface area contributed by atoms with Gasteiger partial charge in [-0.2, -0.15) is 0 Å². The average Bonchev–Trinajstić information content (AvgIpc) is 2.37. The number of aromatic carboxylic acids is 1. The largest absolute Gasteiger partial charge is 0.506 e. The first kappa shape index (κ1) is 14.6. The third kappa shape index (κ3) is 4.72. The second-order valence-corrected chi connectivity index (χ2v) is 4.00. The molecule has 100 valence electrons. The maximum absolute atomic E-state index is 11.6. The van der Waals surface area contributed by atoms with Crippen LogP contribution in [-0.4, -0.2) is 22.1 Å². The van der Waals surface area contributed by atoms with E-state index in [1.54, 1.807) is 0 Å². The number of terminal acetylenes is 1. The van der Waals surface area contributed by atoms with E-state index in [0.717, 1.165) is 6.42 Å². The van der Waals surface area contributed by atoms with Gasteiger partial charge in [0.25, 0.3) is 0 Å². The number of carboxylic acid groups (broad SMARTS) is 1. The molecule has 0 radical (unpaired) electrons. The van der Waals surface area contributed by atoms with Gasteiger partial charge in [-0.25, -0.2) is 4.79 Å². The highest BCUT2D eigenvalue weighted by Crippen LogP contribution is 2.24. The molecule has 0 heterocycles. The summed E-state index contributed by atoms with van der Waals surface area (Å²) in [5.41, 5.74) is 0.0993. The lowest BCUT2D eigenvalue weighted by Crippen LogP contribution is -2.12. The standard InChI is InChI=1S/C14H15NO4/c1-2-3-4-5-6-13(17)15-11-9-10(14(18)19)7-8-12(11)16/h1,7-9,16H,3-6H2,(H,15,17)(H,18,19). The Balaban J connectivity index is 2.61. The fourth-order valence-corrected chi connectivity index (χ4v) is 1.49. The molecule has 0 fully saturated rings. The van der Waals surface area contributed by atoms with Crippen molar-refractivity contribution in [2.24, 2.45) is 0 Å². The van der Waals surface area contributed by atoms with Gasteiger partial charge in [-0.05, 0) is 31.0 Å². The maximum Gasteiger partial charge on any atom is 0.335 e. The molecular formula is C14H15NO4. The van der Waals surface area contributed by atoms with E-state index in [1.807, 2.05) is 0 Å².